The van der Waals surface area contributed by atoms with Crippen molar-refractivity contribution >= 4 is 34.0 Å². The number of carboxylic acid groups (broad SMARTS) is 1. The number of hydrazone groups is 1. The largest absolute Gasteiger partial charge is 0.496 e. The van der Waals surface area contributed by atoms with Crippen LogP contribution >= 0.6 is 15.9 Å². The lowest BCUT2D eigenvalue weighted by atomic mass is 10.1. The molecule has 2 aromatic carbocycles. The van der Waals surface area contributed by atoms with E-state index >= 15 is 0 Å². The topological polar surface area (TPSA) is 101 Å². The van der Waals surface area contributed by atoms with Crippen molar-refractivity contribution in [2.24, 2.45) is 5.10 Å². The van der Waals surface area contributed by atoms with Gasteiger partial charge in [0.05, 0.1) is 24.5 Å². The van der Waals surface area contributed by atoms with Crippen LogP contribution in [0.3, 0.4) is 0 Å². The predicted molar refractivity (Wildman–Crippen MR) is 107 cm³/mol. The van der Waals surface area contributed by atoms with Gasteiger partial charge in [0.25, 0.3) is 5.91 Å². The van der Waals surface area contributed by atoms with Crippen LogP contribution < -0.4 is 10.2 Å². The molecule has 0 atom stereocenters. The number of methoxy groups -OCH3 is 1. The van der Waals surface area contributed by atoms with Gasteiger partial charge in [0.15, 0.2) is 0 Å². The van der Waals surface area contributed by atoms with Crippen molar-refractivity contribution in [3.8, 4) is 17.1 Å². The molecule has 1 amide bonds. The van der Waals surface area contributed by atoms with Crippen molar-refractivity contribution in [2.45, 2.75) is 0 Å². The van der Waals surface area contributed by atoms with E-state index in [4.69, 9.17) is 14.3 Å². The van der Waals surface area contributed by atoms with Gasteiger partial charge in [-0.3, -0.25) is 4.79 Å². The molecule has 0 saturated heterocycles. The van der Waals surface area contributed by atoms with E-state index in [2.05, 4.69) is 26.5 Å². The summed E-state index contributed by atoms with van der Waals surface area (Å²) in [7, 11) is 1.48. The van der Waals surface area contributed by atoms with Crippen molar-refractivity contribution in [3.63, 3.8) is 0 Å². The normalized spacial score (nSPS) is 10.8. The molecule has 8 heteroatoms. The van der Waals surface area contributed by atoms with Gasteiger partial charge in [-0.05, 0) is 42.5 Å². The molecule has 0 aliphatic heterocycles. The van der Waals surface area contributed by atoms with E-state index in [1.54, 1.807) is 42.5 Å². The van der Waals surface area contributed by atoms with Gasteiger partial charge in [0.1, 0.15) is 17.3 Å². The van der Waals surface area contributed by atoms with Gasteiger partial charge < -0.3 is 14.3 Å². The van der Waals surface area contributed by atoms with Gasteiger partial charge in [0.2, 0.25) is 0 Å². The third-order valence-electron chi connectivity index (χ3n) is 3.81. The maximum atomic E-state index is 12.3. The van der Waals surface area contributed by atoms with Crippen LogP contribution in [0.5, 0.6) is 5.75 Å². The summed E-state index contributed by atoms with van der Waals surface area (Å²) in [6.07, 6.45) is 1.37. The van der Waals surface area contributed by atoms with Crippen molar-refractivity contribution in [1.82, 2.24) is 5.43 Å². The molecule has 3 aromatic rings. The van der Waals surface area contributed by atoms with Crippen molar-refractivity contribution in [1.29, 1.82) is 0 Å². The van der Waals surface area contributed by atoms with E-state index in [-0.39, 0.29) is 5.56 Å². The summed E-state index contributed by atoms with van der Waals surface area (Å²) >= 11 is 3.31. The second-order valence-electron chi connectivity index (χ2n) is 5.63. The van der Waals surface area contributed by atoms with Crippen LogP contribution in [0.15, 0.2) is 68.6 Å². The lowest BCUT2D eigenvalue weighted by Crippen LogP contribution is -2.18. The molecule has 0 saturated carbocycles. The number of nitrogens with zero attached hydrogens (tertiary/aromatic N) is 1. The van der Waals surface area contributed by atoms with Crippen LogP contribution in [0.2, 0.25) is 0 Å². The van der Waals surface area contributed by atoms with E-state index < -0.39 is 11.9 Å². The molecular formula is C20H15BrN2O5. The third kappa shape index (κ3) is 4.47. The summed E-state index contributed by atoms with van der Waals surface area (Å²) in [4.78, 5) is 23.2. The maximum Gasteiger partial charge on any atom is 0.335 e. The zero-order chi connectivity index (χ0) is 20.1. The molecule has 1 heterocycles. The van der Waals surface area contributed by atoms with Gasteiger partial charge in [0, 0.05) is 10.0 Å². The Kier molecular flexibility index (Phi) is 5.90. The first kappa shape index (κ1) is 19.4. The van der Waals surface area contributed by atoms with Crippen molar-refractivity contribution in [2.75, 3.05) is 7.11 Å². The Morgan fingerprint density at radius 3 is 2.57 bits per heavy atom. The molecule has 0 aliphatic carbocycles. The number of amides is 1. The first-order chi connectivity index (χ1) is 13.5. The number of ether oxygens (including phenoxy) is 1. The summed E-state index contributed by atoms with van der Waals surface area (Å²) in [5.74, 6) is 0.000240. The molecule has 1 aromatic heterocycles. The quantitative estimate of drug-likeness (QED) is 0.440. The Morgan fingerprint density at radius 2 is 1.89 bits per heavy atom. The van der Waals surface area contributed by atoms with Gasteiger partial charge >= 0.3 is 5.97 Å². The maximum absolute atomic E-state index is 12.3. The smallest absolute Gasteiger partial charge is 0.335 e. The van der Waals surface area contributed by atoms with Crippen molar-refractivity contribution < 1.29 is 23.8 Å². The second kappa shape index (κ2) is 8.53. The number of carbonyl (C=O) groups is 2. The van der Waals surface area contributed by atoms with Gasteiger partial charge in [-0.2, -0.15) is 5.10 Å². The summed E-state index contributed by atoms with van der Waals surface area (Å²) in [5.41, 5.74) is 3.69. The molecule has 2 N–H and O–H groups in total. The summed E-state index contributed by atoms with van der Waals surface area (Å²) in [6, 6.07) is 14.8. The standard InChI is InChI=1S/C20H15BrN2O5/c1-27-18-8-6-14(21)10-16(18)19(24)23-22-11-15-7-9-17(28-15)12-2-4-13(5-3-12)20(25)26/h2-11H,1H3,(H,23,24)(H,25,26)/b22-11-. The molecule has 0 fully saturated rings. The fourth-order valence-corrected chi connectivity index (χ4v) is 2.79. The number of carboxylic acids is 1. The lowest BCUT2D eigenvalue weighted by molar-refractivity contribution is 0.0696. The number of rotatable bonds is 6. The molecule has 28 heavy (non-hydrogen) atoms. The Labute approximate surface area is 168 Å². The zero-order valence-corrected chi connectivity index (χ0v) is 16.3. The Hall–Kier alpha value is -3.39. The molecule has 0 radical (unpaired) electrons. The third-order valence-corrected chi connectivity index (χ3v) is 4.30. The van der Waals surface area contributed by atoms with E-state index in [9.17, 15) is 9.59 Å². The van der Waals surface area contributed by atoms with Crippen LogP contribution in [-0.4, -0.2) is 30.3 Å². The van der Waals surface area contributed by atoms with Crippen LogP contribution in [0.1, 0.15) is 26.5 Å². The van der Waals surface area contributed by atoms with E-state index in [1.807, 2.05) is 0 Å². The van der Waals surface area contributed by atoms with Crippen LogP contribution in [0, 0.1) is 0 Å². The highest BCUT2D eigenvalue weighted by Crippen LogP contribution is 2.23. The number of nitrogens with one attached hydrogen (secondary N) is 1. The number of hydrogen-bond donors (Lipinski definition) is 2. The van der Waals surface area contributed by atoms with Crippen LogP contribution in [-0.2, 0) is 0 Å². The van der Waals surface area contributed by atoms with E-state index in [0.717, 1.165) is 10.0 Å². The van der Waals surface area contributed by atoms with Crippen molar-refractivity contribution in [3.05, 3.63) is 76.0 Å². The van der Waals surface area contributed by atoms with Gasteiger partial charge in [-0.1, -0.05) is 28.1 Å². The fraction of sp³-hybridized carbons (Fsp3) is 0.0500. The molecule has 0 unspecified atom stereocenters. The highest BCUT2D eigenvalue weighted by atomic mass is 79.9. The molecule has 0 spiro atoms. The molecule has 3 rings (SSSR count). The minimum absolute atomic E-state index is 0.197. The zero-order valence-electron chi connectivity index (χ0n) is 14.7. The summed E-state index contributed by atoms with van der Waals surface area (Å²) < 4.78 is 11.6. The summed E-state index contributed by atoms with van der Waals surface area (Å²) in [5, 5.41) is 12.8. The Balaban J connectivity index is 1.68. The number of aromatic carboxylic acids is 1. The second-order valence-corrected chi connectivity index (χ2v) is 6.54. The molecular weight excluding hydrogens is 428 g/mol. The fourth-order valence-electron chi connectivity index (χ4n) is 2.43. The summed E-state index contributed by atoms with van der Waals surface area (Å²) in [6.45, 7) is 0. The number of halogens is 1. The Bertz CT molecular complexity index is 1040. The van der Waals surface area contributed by atoms with Gasteiger partial charge in [-0.15, -0.1) is 0 Å². The first-order valence-corrected chi connectivity index (χ1v) is 8.88. The van der Waals surface area contributed by atoms with E-state index in [0.29, 0.717) is 22.8 Å². The molecule has 0 bridgehead atoms. The molecule has 142 valence electrons. The minimum atomic E-state index is -0.989. The first-order valence-electron chi connectivity index (χ1n) is 8.08. The molecule has 0 aliphatic rings. The van der Waals surface area contributed by atoms with Crippen LogP contribution in [0.25, 0.3) is 11.3 Å². The average Bonchev–Trinajstić information content (AvgIpc) is 3.17. The Morgan fingerprint density at radius 1 is 1.14 bits per heavy atom. The number of benzene rings is 2. The monoisotopic (exact) mass is 442 g/mol. The number of carbonyl (C=O) groups excluding carboxylic acids is 1. The highest BCUT2D eigenvalue weighted by Gasteiger charge is 2.12. The van der Waals surface area contributed by atoms with Crippen LogP contribution in [0.4, 0.5) is 0 Å². The lowest BCUT2D eigenvalue weighted by Gasteiger charge is -2.07. The molecule has 7 nitrogen and oxygen atoms in total. The predicted octanol–water partition coefficient (Wildman–Crippen LogP) is 4.18. The number of hydrogen-bond acceptors (Lipinski definition) is 5. The number of furan rings is 1. The SMILES string of the molecule is COc1ccc(Br)cc1C(=O)N/N=C\c1ccc(-c2ccc(C(=O)O)cc2)o1. The van der Waals surface area contributed by atoms with E-state index in [1.165, 1.54) is 25.5 Å². The average molecular weight is 443 g/mol. The highest BCUT2D eigenvalue weighted by molar-refractivity contribution is 9.10. The van der Waals surface area contributed by atoms with Gasteiger partial charge in [-0.25, -0.2) is 10.2 Å². The minimum Gasteiger partial charge on any atom is -0.496 e.